The molecule has 2 aliphatic rings. The number of anilines is 2. The molecule has 1 N–H and O–H groups in total. The number of nitrogens with one attached hydrogen (secondary N) is 1. The molecule has 0 amide bonds. The average molecular weight is 975 g/mol. The number of hydrogen-bond donors (Lipinski definition) is 1. The normalized spacial score (nSPS) is 14.9. The van der Waals surface area contributed by atoms with E-state index < -0.39 is 0 Å². The summed E-state index contributed by atoms with van der Waals surface area (Å²) >= 11 is 1.89. The Bertz CT molecular complexity index is 4500. The van der Waals surface area contributed by atoms with Gasteiger partial charge in [0.05, 0.1) is 11.2 Å². The van der Waals surface area contributed by atoms with E-state index in [0.29, 0.717) is 0 Å². The van der Waals surface area contributed by atoms with Crippen LogP contribution in [0.2, 0.25) is 0 Å². The lowest BCUT2D eigenvalue weighted by Crippen LogP contribution is -2.37. The molecule has 0 saturated carbocycles. The van der Waals surface area contributed by atoms with Gasteiger partial charge in [-0.05, 0) is 111 Å². The molecule has 0 saturated heterocycles. The van der Waals surface area contributed by atoms with Gasteiger partial charge in [-0.2, -0.15) is 0 Å². The van der Waals surface area contributed by atoms with E-state index in [1.807, 2.05) is 11.3 Å². The first kappa shape index (κ1) is 43.8. The van der Waals surface area contributed by atoms with E-state index in [-0.39, 0.29) is 16.2 Å². The Morgan fingerprint density at radius 2 is 1.18 bits per heavy atom. The van der Waals surface area contributed by atoms with Gasteiger partial charge in [0.1, 0.15) is 22.7 Å². The van der Waals surface area contributed by atoms with Gasteiger partial charge in [0.2, 0.25) is 0 Å². The van der Waals surface area contributed by atoms with E-state index in [1.165, 1.54) is 86.2 Å². The molecule has 4 aromatic heterocycles. The molecule has 358 valence electrons. The molecule has 1 aliphatic heterocycles. The van der Waals surface area contributed by atoms with E-state index in [2.05, 4.69) is 228 Å². The summed E-state index contributed by atoms with van der Waals surface area (Å²) in [5.74, 6) is 1.78. The van der Waals surface area contributed by atoms with Crippen LogP contribution >= 0.6 is 11.3 Å². The molecule has 0 bridgehead atoms. The van der Waals surface area contributed by atoms with Crippen LogP contribution in [-0.2, 0) is 16.2 Å². The van der Waals surface area contributed by atoms with Crippen LogP contribution in [-0.4, -0.2) is 11.8 Å². The highest BCUT2D eigenvalue weighted by Gasteiger charge is 2.38. The van der Waals surface area contributed by atoms with Gasteiger partial charge in [0, 0.05) is 92.1 Å². The van der Waals surface area contributed by atoms with Crippen LogP contribution in [0.15, 0.2) is 179 Å². The average Bonchev–Trinajstić information content (AvgIpc) is 4.20. The van der Waals surface area contributed by atoms with Gasteiger partial charge < -0.3 is 18.7 Å². The summed E-state index contributed by atoms with van der Waals surface area (Å²) in [7, 11) is 0.742. The van der Waals surface area contributed by atoms with E-state index in [0.717, 1.165) is 87.0 Å². The molecule has 15 rings (SSSR count). The third-order valence-corrected chi connectivity index (χ3v) is 18.2. The van der Waals surface area contributed by atoms with Crippen molar-refractivity contribution in [1.82, 2.24) is 4.57 Å². The highest BCUT2D eigenvalue weighted by Crippen LogP contribution is 2.50. The molecule has 0 radical (unpaired) electrons. The lowest BCUT2D eigenvalue weighted by molar-refractivity contribution is 0.332. The highest BCUT2D eigenvalue weighted by atomic mass is 32.1. The first-order valence-electron chi connectivity index (χ1n) is 26.3. The zero-order chi connectivity index (χ0) is 50.0. The smallest absolute Gasteiger partial charge is 0.198 e. The van der Waals surface area contributed by atoms with Crippen LogP contribution < -0.4 is 16.2 Å². The number of aromatic nitrogens is 1. The second-order valence-electron chi connectivity index (χ2n) is 23.6. The fourth-order valence-electron chi connectivity index (χ4n) is 12.9. The molecule has 9 aromatic carbocycles. The summed E-state index contributed by atoms with van der Waals surface area (Å²) in [6.45, 7) is 16.4. The monoisotopic (exact) mass is 974 g/mol. The summed E-state index contributed by atoms with van der Waals surface area (Å²) < 4.78 is 19.3. The number of furan rings is 2. The van der Waals surface area contributed by atoms with Gasteiger partial charge in [-0.25, -0.2) is 0 Å². The van der Waals surface area contributed by atoms with Crippen molar-refractivity contribution in [3.8, 4) is 39.5 Å². The molecular formula is C68H55BN2O2S. The Labute approximate surface area is 435 Å². The fourth-order valence-corrected chi connectivity index (χ4v) is 14.0. The maximum Gasteiger partial charge on any atom is 0.198 e. The molecule has 0 spiro atoms. The van der Waals surface area contributed by atoms with E-state index in [9.17, 15) is 0 Å². The van der Waals surface area contributed by atoms with Crippen LogP contribution in [0, 0.1) is 0 Å². The zero-order valence-electron chi connectivity index (χ0n) is 43.0. The van der Waals surface area contributed by atoms with Crippen molar-refractivity contribution >= 4 is 116 Å². The highest BCUT2D eigenvalue weighted by molar-refractivity contribution is 7.25. The molecule has 1 aliphatic carbocycles. The van der Waals surface area contributed by atoms with Crippen molar-refractivity contribution in [3.05, 3.63) is 187 Å². The molecule has 13 aromatic rings. The predicted octanol–water partition coefficient (Wildman–Crippen LogP) is 17.9. The second-order valence-corrected chi connectivity index (χ2v) is 24.7. The quantitative estimate of drug-likeness (QED) is 0.175. The largest absolute Gasteiger partial charge is 0.456 e. The van der Waals surface area contributed by atoms with Gasteiger partial charge >= 0.3 is 0 Å². The lowest BCUT2D eigenvalue weighted by Gasteiger charge is -2.41. The number of benzene rings is 9. The van der Waals surface area contributed by atoms with Crippen LogP contribution in [0.5, 0.6) is 0 Å². The number of rotatable bonds is 5. The molecule has 4 nitrogen and oxygen atoms in total. The van der Waals surface area contributed by atoms with E-state index in [1.54, 1.807) is 0 Å². The maximum absolute atomic E-state index is 7.06. The van der Waals surface area contributed by atoms with Crippen LogP contribution in [0.1, 0.15) is 78.0 Å². The summed E-state index contributed by atoms with van der Waals surface area (Å²) in [6.07, 6.45) is 2.30. The molecule has 0 unspecified atom stereocenters. The Kier molecular flexibility index (Phi) is 9.09. The van der Waals surface area contributed by atoms with Crippen molar-refractivity contribution in [2.75, 3.05) is 5.32 Å². The lowest BCUT2D eigenvalue weighted by atomic mass is 9.58. The predicted molar refractivity (Wildman–Crippen MR) is 317 cm³/mol. The van der Waals surface area contributed by atoms with Gasteiger partial charge in [-0.1, -0.05) is 163 Å². The minimum absolute atomic E-state index is 0.0429. The van der Waals surface area contributed by atoms with E-state index in [4.69, 9.17) is 8.83 Å². The molecule has 74 heavy (non-hydrogen) atoms. The first-order valence-corrected chi connectivity index (χ1v) is 27.1. The van der Waals surface area contributed by atoms with Crippen molar-refractivity contribution in [3.63, 3.8) is 0 Å². The number of nitrogens with zero attached hydrogens (tertiary/aromatic N) is 1. The molecule has 0 atom stereocenters. The minimum atomic E-state index is 0.0429. The third kappa shape index (κ3) is 6.46. The van der Waals surface area contributed by atoms with Crippen LogP contribution in [0.3, 0.4) is 0 Å². The molecule has 5 heterocycles. The summed E-state index contributed by atoms with van der Waals surface area (Å²) in [5, 5.41) is 13.7. The molecular weight excluding hydrogens is 920 g/mol. The van der Waals surface area contributed by atoms with Crippen molar-refractivity contribution < 1.29 is 8.83 Å². The summed E-state index contributed by atoms with van der Waals surface area (Å²) in [5.41, 5.74) is 19.0. The van der Waals surface area contributed by atoms with Gasteiger partial charge in [0.15, 0.2) is 7.28 Å². The minimum Gasteiger partial charge on any atom is -0.456 e. The SMILES string of the molecule is CC(C)(C)c1ccc(Nc2cc3oc4cc5c(cc4c3cc2-c2ccc3c4cc6sc7ccccc7c6cc4n4c3c2Bc2cc3c(-c6ccccc6)oc(-c6ccccc6)c3cc2-4)C(C)(C)CCC5(C)C)cc1. The standard InChI is InChI=1S/C68H55BN2O2S/c1-66(2,3)40-22-24-41(25-23-40)70-55-37-59-47(48-31-52-53(36-58(48)72-59)68(6,7)29-28-67(52,4)5)30-45(55)43-26-27-44-46-35-61-49(42-20-14-15-21-60(42)74-61)33-56(46)71-57-34-51-50(32-54(57)69-62(43)63(44)71)64(38-16-10-8-11-17-38)73-65(51)39-18-12-9-13-19-39/h8-27,30-37,69-70H,28-29H2,1-7H3. The Morgan fingerprint density at radius 1 is 0.527 bits per heavy atom. The topological polar surface area (TPSA) is 43.2 Å². The van der Waals surface area contributed by atoms with Crippen molar-refractivity contribution in [2.45, 2.75) is 77.6 Å². The first-order chi connectivity index (χ1) is 35.8. The summed E-state index contributed by atoms with van der Waals surface area (Å²) in [6, 6.07) is 63.2. The van der Waals surface area contributed by atoms with E-state index >= 15 is 0 Å². The molecule has 6 heteroatoms. The van der Waals surface area contributed by atoms with Gasteiger partial charge in [-0.3, -0.25) is 0 Å². The number of hydrogen-bond acceptors (Lipinski definition) is 4. The molecule has 0 fully saturated rings. The number of fused-ring (bicyclic) bond motifs is 13. The Morgan fingerprint density at radius 3 is 1.89 bits per heavy atom. The number of thiophene rings is 1. The Hall–Kier alpha value is -7.80. The third-order valence-electron chi connectivity index (χ3n) is 17.0. The zero-order valence-corrected chi connectivity index (χ0v) is 43.8. The van der Waals surface area contributed by atoms with Gasteiger partial charge in [-0.15, -0.1) is 11.3 Å². The summed E-state index contributed by atoms with van der Waals surface area (Å²) in [4.78, 5) is 0. The Balaban J connectivity index is 1.03. The second kappa shape index (κ2) is 15.4. The van der Waals surface area contributed by atoms with Crippen LogP contribution in [0.25, 0.3) is 114 Å². The van der Waals surface area contributed by atoms with Crippen LogP contribution in [0.4, 0.5) is 11.4 Å². The maximum atomic E-state index is 7.06. The van der Waals surface area contributed by atoms with Crippen molar-refractivity contribution in [1.29, 1.82) is 0 Å². The van der Waals surface area contributed by atoms with Crippen molar-refractivity contribution in [2.24, 2.45) is 0 Å². The van der Waals surface area contributed by atoms with Gasteiger partial charge in [0.25, 0.3) is 0 Å². The fraction of sp³-hybridized carbons (Fsp3) is 0.176.